The molecule has 1 aliphatic heterocycles. The highest BCUT2D eigenvalue weighted by Gasteiger charge is 2.43. The SMILES string of the molecule is O=C[C@@H]1C[C@@H](C(F)(F)F)CN1. The molecule has 0 saturated carbocycles. The zero-order valence-corrected chi connectivity index (χ0v) is 5.69. The van der Waals surface area contributed by atoms with Crippen molar-refractivity contribution in [3.8, 4) is 0 Å². The van der Waals surface area contributed by atoms with E-state index in [9.17, 15) is 18.0 Å². The maximum absolute atomic E-state index is 11.9. The maximum atomic E-state index is 11.9. The molecule has 2 nitrogen and oxygen atoms in total. The number of nitrogens with one attached hydrogen (secondary N) is 1. The van der Waals surface area contributed by atoms with Crippen molar-refractivity contribution in [1.82, 2.24) is 5.32 Å². The van der Waals surface area contributed by atoms with E-state index in [1.54, 1.807) is 0 Å². The van der Waals surface area contributed by atoms with Gasteiger partial charge in [0.1, 0.15) is 6.29 Å². The van der Waals surface area contributed by atoms with Crippen molar-refractivity contribution in [2.24, 2.45) is 5.92 Å². The molecule has 0 aromatic carbocycles. The van der Waals surface area contributed by atoms with E-state index in [0.717, 1.165) is 0 Å². The van der Waals surface area contributed by atoms with E-state index >= 15 is 0 Å². The summed E-state index contributed by atoms with van der Waals surface area (Å²) >= 11 is 0. The number of alkyl halides is 3. The third kappa shape index (κ3) is 1.92. The van der Waals surface area contributed by atoms with Crippen LogP contribution in [0.3, 0.4) is 0 Å². The standard InChI is InChI=1S/C6H8F3NO/c7-6(8,9)4-1-5(3-11)10-2-4/h3-5,10H,1-2H2/t4-,5+/m1/s1. The van der Waals surface area contributed by atoms with Gasteiger partial charge in [-0.3, -0.25) is 0 Å². The van der Waals surface area contributed by atoms with Crippen molar-refractivity contribution in [3.05, 3.63) is 0 Å². The van der Waals surface area contributed by atoms with Crippen molar-refractivity contribution in [3.63, 3.8) is 0 Å². The number of carbonyl (C=O) groups excluding carboxylic acids is 1. The second-order valence-electron chi connectivity index (χ2n) is 2.63. The molecular formula is C6H8F3NO. The molecule has 1 saturated heterocycles. The Hall–Kier alpha value is -0.580. The fraction of sp³-hybridized carbons (Fsp3) is 0.833. The van der Waals surface area contributed by atoms with Gasteiger partial charge in [-0.1, -0.05) is 0 Å². The number of aldehydes is 1. The highest BCUT2D eigenvalue weighted by molar-refractivity contribution is 5.58. The number of hydrogen-bond acceptors (Lipinski definition) is 2. The minimum absolute atomic E-state index is 0.118. The van der Waals surface area contributed by atoms with Crippen LogP contribution in [-0.2, 0) is 4.79 Å². The summed E-state index contributed by atoms with van der Waals surface area (Å²) < 4.78 is 35.7. The predicted molar refractivity (Wildman–Crippen MR) is 32.0 cm³/mol. The van der Waals surface area contributed by atoms with Gasteiger partial charge in [-0.2, -0.15) is 13.2 Å². The summed E-state index contributed by atoms with van der Waals surface area (Å²) in [6, 6.07) is -0.610. The molecular weight excluding hydrogens is 159 g/mol. The molecule has 11 heavy (non-hydrogen) atoms. The van der Waals surface area contributed by atoms with Crippen molar-refractivity contribution in [2.75, 3.05) is 6.54 Å². The van der Waals surface area contributed by atoms with E-state index in [1.165, 1.54) is 0 Å². The Morgan fingerprint density at radius 2 is 2.09 bits per heavy atom. The first-order valence-electron chi connectivity index (χ1n) is 3.29. The van der Waals surface area contributed by atoms with Crippen LogP contribution in [0.5, 0.6) is 0 Å². The third-order valence-electron chi connectivity index (χ3n) is 1.79. The van der Waals surface area contributed by atoms with E-state index in [2.05, 4.69) is 5.32 Å². The molecule has 0 radical (unpaired) electrons. The summed E-state index contributed by atoms with van der Waals surface area (Å²) in [7, 11) is 0. The average Bonchev–Trinajstić information content (AvgIpc) is 2.32. The molecule has 0 aromatic rings. The zero-order chi connectivity index (χ0) is 8.48. The van der Waals surface area contributed by atoms with E-state index in [4.69, 9.17) is 0 Å². The smallest absolute Gasteiger partial charge is 0.307 e. The highest BCUT2D eigenvalue weighted by atomic mass is 19.4. The van der Waals surface area contributed by atoms with Gasteiger partial charge < -0.3 is 10.1 Å². The summed E-state index contributed by atoms with van der Waals surface area (Å²) in [6.07, 6.45) is -3.76. The van der Waals surface area contributed by atoms with Gasteiger partial charge in [0.05, 0.1) is 12.0 Å². The second kappa shape index (κ2) is 2.81. The Morgan fingerprint density at radius 3 is 2.36 bits per heavy atom. The second-order valence-corrected chi connectivity index (χ2v) is 2.63. The third-order valence-corrected chi connectivity index (χ3v) is 1.79. The van der Waals surface area contributed by atoms with Gasteiger partial charge in [-0.05, 0) is 6.42 Å². The van der Waals surface area contributed by atoms with Crippen LogP contribution >= 0.6 is 0 Å². The van der Waals surface area contributed by atoms with Gasteiger partial charge in [0.2, 0.25) is 0 Å². The molecule has 0 spiro atoms. The number of carbonyl (C=O) groups is 1. The molecule has 0 amide bonds. The van der Waals surface area contributed by atoms with E-state index in [0.29, 0.717) is 6.29 Å². The van der Waals surface area contributed by atoms with E-state index in [1.807, 2.05) is 0 Å². The van der Waals surface area contributed by atoms with Crippen molar-refractivity contribution in [1.29, 1.82) is 0 Å². The highest BCUT2D eigenvalue weighted by Crippen LogP contribution is 2.31. The molecule has 1 aliphatic rings. The van der Waals surface area contributed by atoms with Crippen LogP contribution < -0.4 is 5.32 Å². The molecule has 64 valence electrons. The predicted octanol–water partition coefficient (Wildman–Crippen LogP) is 0.726. The monoisotopic (exact) mass is 167 g/mol. The number of hydrogen-bond donors (Lipinski definition) is 1. The minimum atomic E-state index is -4.16. The van der Waals surface area contributed by atoms with Crippen LogP contribution in [0, 0.1) is 5.92 Å². The molecule has 1 N–H and O–H groups in total. The van der Waals surface area contributed by atoms with E-state index in [-0.39, 0.29) is 13.0 Å². The van der Waals surface area contributed by atoms with Crippen LogP contribution in [-0.4, -0.2) is 25.0 Å². The number of halogens is 3. The molecule has 1 rings (SSSR count). The molecule has 1 heterocycles. The topological polar surface area (TPSA) is 29.1 Å². The Bertz CT molecular complexity index is 156. The van der Waals surface area contributed by atoms with Gasteiger partial charge in [-0.15, -0.1) is 0 Å². The molecule has 5 heteroatoms. The average molecular weight is 167 g/mol. The van der Waals surface area contributed by atoms with Gasteiger partial charge in [0.25, 0.3) is 0 Å². The van der Waals surface area contributed by atoms with Gasteiger partial charge in [0, 0.05) is 6.54 Å². The molecule has 0 aliphatic carbocycles. The Morgan fingerprint density at radius 1 is 1.45 bits per heavy atom. The summed E-state index contributed by atoms with van der Waals surface area (Å²) in [6.45, 7) is -0.132. The fourth-order valence-electron chi connectivity index (χ4n) is 1.12. The van der Waals surface area contributed by atoms with E-state index < -0.39 is 18.1 Å². The lowest BCUT2D eigenvalue weighted by Crippen LogP contribution is -2.25. The normalized spacial score (nSPS) is 32.3. The number of rotatable bonds is 1. The molecule has 1 fully saturated rings. The van der Waals surface area contributed by atoms with Gasteiger partial charge in [0.15, 0.2) is 0 Å². The van der Waals surface area contributed by atoms with Crippen LogP contribution in [0.1, 0.15) is 6.42 Å². The van der Waals surface area contributed by atoms with Crippen LogP contribution in [0.25, 0.3) is 0 Å². The first kappa shape index (κ1) is 8.52. The molecule has 0 unspecified atom stereocenters. The van der Waals surface area contributed by atoms with Crippen LogP contribution in [0.2, 0.25) is 0 Å². The fourth-order valence-corrected chi connectivity index (χ4v) is 1.12. The first-order valence-corrected chi connectivity index (χ1v) is 3.29. The maximum Gasteiger partial charge on any atom is 0.393 e. The zero-order valence-electron chi connectivity index (χ0n) is 5.69. The molecule has 2 atom stereocenters. The molecule has 0 aromatic heterocycles. The lowest BCUT2D eigenvalue weighted by Gasteiger charge is -2.11. The lowest BCUT2D eigenvalue weighted by molar-refractivity contribution is -0.169. The Labute approximate surface area is 61.8 Å². The Balaban J connectivity index is 2.48. The van der Waals surface area contributed by atoms with Crippen LogP contribution in [0.15, 0.2) is 0 Å². The molecule has 0 bridgehead atoms. The first-order chi connectivity index (χ1) is 5.04. The summed E-state index contributed by atoms with van der Waals surface area (Å²) in [5, 5.41) is 2.47. The van der Waals surface area contributed by atoms with Crippen molar-refractivity contribution in [2.45, 2.75) is 18.6 Å². The summed E-state index contributed by atoms with van der Waals surface area (Å²) in [5.74, 6) is -1.35. The Kier molecular flexibility index (Phi) is 2.17. The van der Waals surface area contributed by atoms with Gasteiger partial charge in [-0.25, -0.2) is 0 Å². The van der Waals surface area contributed by atoms with Crippen molar-refractivity contribution >= 4 is 6.29 Å². The quantitative estimate of drug-likeness (QED) is 0.583. The minimum Gasteiger partial charge on any atom is -0.307 e. The van der Waals surface area contributed by atoms with Gasteiger partial charge >= 0.3 is 6.18 Å². The largest absolute Gasteiger partial charge is 0.393 e. The summed E-state index contributed by atoms with van der Waals surface area (Å²) in [4.78, 5) is 10.0. The summed E-state index contributed by atoms with van der Waals surface area (Å²) in [5.41, 5.74) is 0. The van der Waals surface area contributed by atoms with Crippen molar-refractivity contribution < 1.29 is 18.0 Å². The lowest BCUT2D eigenvalue weighted by atomic mass is 10.1. The van der Waals surface area contributed by atoms with Crippen LogP contribution in [0.4, 0.5) is 13.2 Å².